The standard InChI is InChI=1S/C17H32N2O/c1-19(13-15-8-4-2-5-9-15)16(20)12-17(14-18)10-6-3-7-11-17/h15H,2-14,18H2,1H3. The quantitative estimate of drug-likeness (QED) is 0.839. The molecule has 0 aromatic rings. The van der Waals surface area contributed by atoms with Crippen LogP contribution in [-0.4, -0.2) is 30.9 Å². The maximum Gasteiger partial charge on any atom is 0.222 e. The highest BCUT2D eigenvalue weighted by atomic mass is 16.2. The number of carbonyl (C=O) groups is 1. The van der Waals surface area contributed by atoms with Gasteiger partial charge in [-0.25, -0.2) is 0 Å². The summed E-state index contributed by atoms with van der Waals surface area (Å²) in [6, 6.07) is 0. The molecular formula is C17H32N2O. The molecule has 0 aromatic heterocycles. The van der Waals surface area contributed by atoms with Gasteiger partial charge in [-0.15, -0.1) is 0 Å². The number of rotatable bonds is 5. The predicted molar refractivity (Wildman–Crippen MR) is 83.4 cm³/mol. The van der Waals surface area contributed by atoms with Crippen molar-refractivity contribution in [3.8, 4) is 0 Å². The third kappa shape index (κ3) is 4.21. The molecule has 0 heterocycles. The van der Waals surface area contributed by atoms with Crippen LogP contribution in [-0.2, 0) is 4.79 Å². The predicted octanol–water partition coefficient (Wildman–Crippen LogP) is 3.32. The third-order valence-electron chi connectivity index (χ3n) is 5.56. The first-order chi connectivity index (χ1) is 9.65. The molecule has 0 atom stereocenters. The van der Waals surface area contributed by atoms with Gasteiger partial charge in [0, 0.05) is 20.0 Å². The van der Waals surface area contributed by atoms with Crippen molar-refractivity contribution < 1.29 is 4.79 Å². The molecule has 0 saturated heterocycles. The van der Waals surface area contributed by atoms with E-state index < -0.39 is 0 Å². The number of hydrogen-bond acceptors (Lipinski definition) is 2. The van der Waals surface area contributed by atoms with Crippen LogP contribution >= 0.6 is 0 Å². The van der Waals surface area contributed by atoms with E-state index in [0.29, 0.717) is 18.9 Å². The van der Waals surface area contributed by atoms with Gasteiger partial charge >= 0.3 is 0 Å². The van der Waals surface area contributed by atoms with E-state index in [1.54, 1.807) is 0 Å². The van der Waals surface area contributed by atoms with Gasteiger partial charge < -0.3 is 10.6 Å². The lowest BCUT2D eigenvalue weighted by molar-refractivity contribution is -0.133. The molecule has 2 aliphatic carbocycles. The van der Waals surface area contributed by atoms with Crippen molar-refractivity contribution in [2.75, 3.05) is 20.1 Å². The minimum absolute atomic E-state index is 0.107. The number of nitrogens with zero attached hydrogens (tertiary/aromatic N) is 1. The number of amides is 1. The summed E-state index contributed by atoms with van der Waals surface area (Å²) in [5, 5.41) is 0. The van der Waals surface area contributed by atoms with Gasteiger partial charge in [0.2, 0.25) is 5.91 Å². The van der Waals surface area contributed by atoms with Gasteiger partial charge in [-0.05, 0) is 43.6 Å². The first-order valence-corrected chi connectivity index (χ1v) is 8.59. The second kappa shape index (κ2) is 7.44. The fourth-order valence-corrected chi connectivity index (χ4v) is 4.07. The van der Waals surface area contributed by atoms with Crippen LogP contribution in [0.5, 0.6) is 0 Å². The van der Waals surface area contributed by atoms with Crippen molar-refractivity contribution in [1.82, 2.24) is 4.90 Å². The second-order valence-corrected chi connectivity index (χ2v) is 7.22. The largest absolute Gasteiger partial charge is 0.345 e. The fourth-order valence-electron chi connectivity index (χ4n) is 4.07. The molecule has 0 radical (unpaired) electrons. The van der Waals surface area contributed by atoms with E-state index in [2.05, 4.69) is 0 Å². The van der Waals surface area contributed by atoms with E-state index in [9.17, 15) is 4.79 Å². The Morgan fingerprint density at radius 3 is 2.30 bits per heavy atom. The SMILES string of the molecule is CN(CC1CCCCC1)C(=O)CC1(CN)CCCCC1. The zero-order chi connectivity index (χ0) is 14.4. The summed E-state index contributed by atoms with van der Waals surface area (Å²) in [5.41, 5.74) is 6.11. The summed E-state index contributed by atoms with van der Waals surface area (Å²) in [6.45, 7) is 1.63. The molecule has 20 heavy (non-hydrogen) atoms. The van der Waals surface area contributed by atoms with Gasteiger partial charge in [0.15, 0.2) is 0 Å². The maximum absolute atomic E-state index is 12.5. The summed E-state index contributed by atoms with van der Waals surface area (Å²) in [4.78, 5) is 14.5. The molecule has 0 bridgehead atoms. The van der Waals surface area contributed by atoms with E-state index in [1.165, 1.54) is 51.4 Å². The average Bonchev–Trinajstić information content (AvgIpc) is 2.49. The highest BCUT2D eigenvalue weighted by Crippen LogP contribution is 2.38. The molecule has 2 N–H and O–H groups in total. The zero-order valence-corrected chi connectivity index (χ0v) is 13.2. The van der Waals surface area contributed by atoms with Crippen molar-refractivity contribution in [3.05, 3.63) is 0 Å². The van der Waals surface area contributed by atoms with Gasteiger partial charge in [0.05, 0.1) is 0 Å². The van der Waals surface area contributed by atoms with Crippen LogP contribution in [0.3, 0.4) is 0 Å². The molecule has 2 rings (SSSR count). The summed E-state index contributed by atoms with van der Waals surface area (Å²) in [7, 11) is 1.99. The molecule has 1 amide bonds. The van der Waals surface area contributed by atoms with Crippen molar-refractivity contribution in [2.24, 2.45) is 17.1 Å². The van der Waals surface area contributed by atoms with Crippen molar-refractivity contribution in [2.45, 2.75) is 70.6 Å². The topological polar surface area (TPSA) is 46.3 Å². The van der Waals surface area contributed by atoms with Crippen molar-refractivity contribution in [1.29, 1.82) is 0 Å². The van der Waals surface area contributed by atoms with Crippen molar-refractivity contribution in [3.63, 3.8) is 0 Å². The Labute approximate surface area is 124 Å². The molecule has 0 aliphatic heterocycles. The Bertz CT molecular complexity index is 304. The highest BCUT2D eigenvalue weighted by Gasteiger charge is 2.34. The fraction of sp³-hybridized carbons (Fsp3) is 0.941. The van der Waals surface area contributed by atoms with Crippen LogP contribution in [0.4, 0.5) is 0 Å². The van der Waals surface area contributed by atoms with E-state index >= 15 is 0 Å². The highest BCUT2D eigenvalue weighted by molar-refractivity contribution is 5.76. The number of nitrogens with two attached hydrogens (primary N) is 1. The minimum atomic E-state index is 0.107. The van der Waals surface area contributed by atoms with Crippen LogP contribution in [0.2, 0.25) is 0 Å². The van der Waals surface area contributed by atoms with E-state index in [0.717, 1.165) is 25.3 Å². The molecule has 3 heteroatoms. The summed E-state index contributed by atoms with van der Waals surface area (Å²) in [5.74, 6) is 1.06. The first-order valence-electron chi connectivity index (χ1n) is 8.59. The van der Waals surface area contributed by atoms with E-state index in [4.69, 9.17) is 5.73 Å². The Hall–Kier alpha value is -0.570. The monoisotopic (exact) mass is 280 g/mol. The summed E-state index contributed by atoms with van der Waals surface area (Å²) >= 11 is 0. The van der Waals surface area contributed by atoms with Crippen LogP contribution in [0.1, 0.15) is 70.6 Å². The molecule has 2 saturated carbocycles. The summed E-state index contributed by atoms with van der Waals surface area (Å²) in [6.07, 6.45) is 13.5. The van der Waals surface area contributed by atoms with Gasteiger partial charge in [-0.3, -0.25) is 4.79 Å². The lowest BCUT2D eigenvalue weighted by Gasteiger charge is -2.37. The van der Waals surface area contributed by atoms with E-state index in [-0.39, 0.29) is 5.41 Å². The third-order valence-corrected chi connectivity index (χ3v) is 5.56. The van der Waals surface area contributed by atoms with Crippen LogP contribution in [0, 0.1) is 11.3 Å². The Morgan fingerprint density at radius 1 is 1.10 bits per heavy atom. The van der Waals surface area contributed by atoms with Gasteiger partial charge in [0.1, 0.15) is 0 Å². The van der Waals surface area contributed by atoms with E-state index in [1.807, 2.05) is 11.9 Å². The second-order valence-electron chi connectivity index (χ2n) is 7.22. The first kappa shape index (κ1) is 15.8. The molecule has 2 fully saturated rings. The van der Waals surface area contributed by atoms with Gasteiger partial charge in [-0.2, -0.15) is 0 Å². The molecule has 0 aromatic carbocycles. The van der Waals surface area contributed by atoms with Gasteiger partial charge in [-0.1, -0.05) is 38.5 Å². The number of carbonyl (C=O) groups excluding carboxylic acids is 1. The molecular weight excluding hydrogens is 248 g/mol. The van der Waals surface area contributed by atoms with Crippen molar-refractivity contribution >= 4 is 5.91 Å². The minimum Gasteiger partial charge on any atom is -0.345 e. The molecule has 0 unspecified atom stereocenters. The lowest BCUT2D eigenvalue weighted by atomic mass is 9.71. The van der Waals surface area contributed by atoms with Gasteiger partial charge in [0.25, 0.3) is 0 Å². The molecule has 3 nitrogen and oxygen atoms in total. The maximum atomic E-state index is 12.5. The Kier molecular flexibility index (Phi) is 5.88. The van der Waals surface area contributed by atoms with Crippen LogP contribution in [0.25, 0.3) is 0 Å². The lowest BCUT2D eigenvalue weighted by Crippen LogP contribution is -2.40. The van der Waals surface area contributed by atoms with Crippen LogP contribution < -0.4 is 5.73 Å². The Balaban J connectivity index is 1.82. The molecule has 0 spiro atoms. The normalized spacial score (nSPS) is 23.5. The van der Waals surface area contributed by atoms with Crippen LogP contribution in [0.15, 0.2) is 0 Å². The zero-order valence-electron chi connectivity index (χ0n) is 13.2. The summed E-state index contributed by atoms with van der Waals surface area (Å²) < 4.78 is 0. The molecule has 116 valence electrons. The number of hydrogen-bond donors (Lipinski definition) is 1. The Morgan fingerprint density at radius 2 is 1.70 bits per heavy atom. The average molecular weight is 280 g/mol. The smallest absolute Gasteiger partial charge is 0.222 e. The molecule has 2 aliphatic rings.